The molecular weight excluding hydrogens is 282 g/mol. The van der Waals surface area contributed by atoms with Crippen molar-refractivity contribution in [3.05, 3.63) is 5.82 Å². The van der Waals surface area contributed by atoms with E-state index in [0.717, 1.165) is 43.2 Å². The van der Waals surface area contributed by atoms with Crippen molar-refractivity contribution in [2.45, 2.75) is 71.3 Å². The van der Waals surface area contributed by atoms with Crippen LogP contribution in [-0.2, 0) is 6.42 Å². The van der Waals surface area contributed by atoms with Crippen molar-refractivity contribution in [1.29, 1.82) is 0 Å². The summed E-state index contributed by atoms with van der Waals surface area (Å²) in [6.45, 7) is 6.29. The summed E-state index contributed by atoms with van der Waals surface area (Å²) in [5.74, 6) is 1.03. The van der Waals surface area contributed by atoms with E-state index < -0.39 is 0 Å². The molecule has 0 aromatic carbocycles. The SMILES string of the molecule is CCN(CC)C(=S)CCCc1nnnn1C1CCCCC1. The topological polar surface area (TPSA) is 46.8 Å². The first-order valence-corrected chi connectivity index (χ1v) is 8.71. The molecule has 0 unspecified atom stereocenters. The molecule has 1 heterocycles. The molecule has 0 N–H and O–H groups in total. The van der Waals surface area contributed by atoms with Crippen LogP contribution in [0.1, 0.15) is 70.7 Å². The molecule has 1 aromatic heterocycles. The van der Waals surface area contributed by atoms with Crippen LogP contribution in [0.5, 0.6) is 0 Å². The summed E-state index contributed by atoms with van der Waals surface area (Å²) in [5.41, 5.74) is 0. The van der Waals surface area contributed by atoms with Crippen molar-refractivity contribution in [3.63, 3.8) is 0 Å². The third-order valence-corrected chi connectivity index (χ3v) is 4.85. The van der Waals surface area contributed by atoms with Crippen LogP contribution in [-0.4, -0.2) is 43.2 Å². The zero-order valence-corrected chi connectivity index (χ0v) is 14.1. The monoisotopic (exact) mass is 309 g/mol. The Hall–Kier alpha value is -1.04. The van der Waals surface area contributed by atoms with Crippen molar-refractivity contribution in [2.75, 3.05) is 13.1 Å². The normalized spacial score (nSPS) is 16.1. The highest BCUT2D eigenvalue weighted by Gasteiger charge is 2.19. The fraction of sp³-hybridized carbons (Fsp3) is 0.867. The van der Waals surface area contributed by atoms with Gasteiger partial charge in [0.15, 0.2) is 5.82 Å². The second-order valence-corrected chi connectivity index (χ2v) is 6.22. The second-order valence-electron chi connectivity index (χ2n) is 5.75. The Morgan fingerprint density at radius 2 is 1.95 bits per heavy atom. The quantitative estimate of drug-likeness (QED) is 0.724. The highest BCUT2D eigenvalue weighted by atomic mass is 32.1. The molecule has 1 fully saturated rings. The van der Waals surface area contributed by atoms with Crippen LogP contribution in [0, 0.1) is 0 Å². The number of tetrazole rings is 1. The first kappa shape index (κ1) is 16.3. The van der Waals surface area contributed by atoms with Gasteiger partial charge in [0.1, 0.15) is 0 Å². The van der Waals surface area contributed by atoms with Gasteiger partial charge in [0.2, 0.25) is 0 Å². The molecule has 1 aliphatic carbocycles. The van der Waals surface area contributed by atoms with Crippen molar-refractivity contribution < 1.29 is 0 Å². The maximum Gasteiger partial charge on any atom is 0.151 e. The number of hydrogen-bond donors (Lipinski definition) is 0. The van der Waals surface area contributed by atoms with E-state index in [2.05, 4.69) is 39.0 Å². The van der Waals surface area contributed by atoms with Crippen LogP contribution in [0.15, 0.2) is 0 Å². The van der Waals surface area contributed by atoms with Crippen LogP contribution >= 0.6 is 12.2 Å². The van der Waals surface area contributed by atoms with Crippen LogP contribution in [0.25, 0.3) is 0 Å². The molecule has 1 aliphatic rings. The predicted octanol–water partition coefficient (Wildman–Crippen LogP) is 3.17. The lowest BCUT2D eigenvalue weighted by Crippen LogP contribution is -2.28. The molecule has 0 bridgehead atoms. The smallest absolute Gasteiger partial charge is 0.151 e. The third kappa shape index (κ3) is 4.46. The van der Waals surface area contributed by atoms with E-state index in [1.54, 1.807) is 0 Å². The fourth-order valence-electron chi connectivity index (χ4n) is 3.12. The van der Waals surface area contributed by atoms with Crippen molar-refractivity contribution >= 4 is 17.2 Å². The molecule has 118 valence electrons. The molecule has 0 saturated heterocycles. The lowest BCUT2D eigenvalue weighted by atomic mass is 9.95. The third-order valence-electron chi connectivity index (χ3n) is 4.39. The maximum atomic E-state index is 5.49. The van der Waals surface area contributed by atoms with E-state index in [1.807, 2.05) is 0 Å². The van der Waals surface area contributed by atoms with E-state index in [0.29, 0.717) is 6.04 Å². The van der Waals surface area contributed by atoms with Crippen LogP contribution in [0.2, 0.25) is 0 Å². The van der Waals surface area contributed by atoms with E-state index in [1.165, 1.54) is 32.1 Å². The average molecular weight is 309 g/mol. The van der Waals surface area contributed by atoms with Crippen molar-refractivity contribution in [1.82, 2.24) is 25.1 Å². The Labute approximate surface area is 133 Å². The highest BCUT2D eigenvalue weighted by molar-refractivity contribution is 7.80. The molecule has 0 aliphatic heterocycles. The number of hydrogen-bond acceptors (Lipinski definition) is 4. The van der Waals surface area contributed by atoms with Crippen LogP contribution < -0.4 is 0 Å². The lowest BCUT2D eigenvalue weighted by molar-refractivity contribution is 0.316. The summed E-state index contributed by atoms with van der Waals surface area (Å²) in [4.78, 5) is 3.32. The Morgan fingerprint density at radius 1 is 1.24 bits per heavy atom. The average Bonchev–Trinajstić information content (AvgIpc) is 2.98. The Balaban J connectivity index is 1.83. The Kier molecular flexibility index (Phi) is 6.54. The first-order valence-electron chi connectivity index (χ1n) is 8.30. The van der Waals surface area contributed by atoms with Gasteiger partial charge in [-0.1, -0.05) is 31.5 Å². The zero-order valence-electron chi connectivity index (χ0n) is 13.3. The molecule has 0 spiro atoms. The number of aromatic nitrogens is 4. The van der Waals surface area contributed by atoms with Gasteiger partial charge in [0, 0.05) is 19.5 Å². The number of nitrogens with zero attached hydrogens (tertiary/aromatic N) is 5. The van der Waals surface area contributed by atoms with E-state index >= 15 is 0 Å². The van der Waals surface area contributed by atoms with Gasteiger partial charge in [-0.3, -0.25) is 0 Å². The molecule has 0 atom stereocenters. The summed E-state index contributed by atoms with van der Waals surface area (Å²) < 4.78 is 2.07. The Bertz CT molecular complexity index is 435. The maximum absolute atomic E-state index is 5.49. The van der Waals surface area contributed by atoms with Gasteiger partial charge in [-0.15, -0.1) is 5.10 Å². The standard InChI is InChI=1S/C15H27N5S/c1-3-19(4-2)15(21)12-8-11-14-16-17-18-20(14)13-9-6-5-7-10-13/h13H,3-12H2,1-2H3. The van der Waals surface area contributed by atoms with Gasteiger partial charge in [-0.2, -0.15) is 0 Å². The fourth-order valence-corrected chi connectivity index (χ4v) is 3.52. The van der Waals surface area contributed by atoms with Gasteiger partial charge < -0.3 is 4.90 Å². The predicted molar refractivity (Wildman–Crippen MR) is 88.4 cm³/mol. The van der Waals surface area contributed by atoms with Crippen LogP contribution in [0.4, 0.5) is 0 Å². The molecule has 0 radical (unpaired) electrons. The van der Waals surface area contributed by atoms with E-state index in [-0.39, 0.29) is 0 Å². The largest absolute Gasteiger partial charge is 0.367 e. The van der Waals surface area contributed by atoms with E-state index in [9.17, 15) is 0 Å². The second kappa shape index (κ2) is 8.41. The minimum Gasteiger partial charge on any atom is -0.367 e. The van der Waals surface area contributed by atoms with E-state index in [4.69, 9.17) is 12.2 Å². The summed E-state index contributed by atoms with van der Waals surface area (Å²) in [5, 5.41) is 12.3. The van der Waals surface area contributed by atoms with Gasteiger partial charge in [0.05, 0.1) is 11.0 Å². The van der Waals surface area contributed by atoms with Gasteiger partial charge in [-0.05, 0) is 50.0 Å². The Morgan fingerprint density at radius 3 is 2.62 bits per heavy atom. The van der Waals surface area contributed by atoms with Crippen molar-refractivity contribution in [2.24, 2.45) is 0 Å². The van der Waals surface area contributed by atoms with Gasteiger partial charge in [0.25, 0.3) is 0 Å². The van der Waals surface area contributed by atoms with Crippen molar-refractivity contribution in [3.8, 4) is 0 Å². The van der Waals surface area contributed by atoms with Gasteiger partial charge >= 0.3 is 0 Å². The molecule has 2 rings (SSSR count). The molecule has 5 nitrogen and oxygen atoms in total. The highest BCUT2D eigenvalue weighted by Crippen LogP contribution is 2.28. The lowest BCUT2D eigenvalue weighted by Gasteiger charge is -2.23. The minimum atomic E-state index is 0.512. The summed E-state index contributed by atoms with van der Waals surface area (Å²) in [6, 6.07) is 0.512. The summed E-state index contributed by atoms with van der Waals surface area (Å²) >= 11 is 5.49. The number of rotatable bonds is 7. The summed E-state index contributed by atoms with van der Waals surface area (Å²) in [7, 11) is 0. The molecule has 0 amide bonds. The molecule has 6 heteroatoms. The zero-order chi connectivity index (χ0) is 15.1. The van der Waals surface area contributed by atoms with Crippen LogP contribution in [0.3, 0.4) is 0 Å². The van der Waals surface area contributed by atoms with Gasteiger partial charge in [-0.25, -0.2) is 4.68 Å². The molecule has 1 aromatic rings. The first-order chi connectivity index (χ1) is 10.3. The molecular formula is C15H27N5S. The number of thiocarbonyl (C=S) groups is 1. The molecule has 1 saturated carbocycles. The number of aryl methyl sites for hydroxylation is 1. The summed E-state index contributed by atoms with van der Waals surface area (Å²) in [6.07, 6.45) is 9.30. The molecule has 21 heavy (non-hydrogen) atoms. The minimum absolute atomic E-state index is 0.512.